The van der Waals surface area contributed by atoms with Crippen molar-refractivity contribution in [3.8, 4) is 0 Å². The minimum Gasteiger partial charge on any atom is -0.370 e. The molecule has 2 heterocycles. The Labute approximate surface area is 103 Å². The molecule has 1 aliphatic carbocycles. The molecular formula is C12H15F3N2O. The summed E-state index contributed by atoms with van der Waals surface area (Å²) in [6.07, 6.45) is -1.70. The second-order valence-electron chi connectivity index (χ2n) is 5.03. The number of alkyl halides is 3. The normalized spacial score (nSPS) is 28.4. The van der Waals surface area contributed by atoms with Crippen molar-refractivity contribution in [3.63, 3.8) is 0 Å². The molecule has 6 heteroatoms. The molecule has 3 nitrogen and oxygen atoms in total. The zero-order valence-corrected chi connectivity index (χ0v) is 9.89. The second-order valence-corrected chi connectivity index (χ2v) is 5.03. The van der Waals surface area contributed by atoms with Crippen LogP contribution in [-0.2, 0) is 17.6 Å². The van der Waals surface area contributed by atoms with Crippen LogP contribution in [0.2, 0.25) is 0 Å². The molecule has 2 atom stereocenters. The van der Waals surface area contributed by atoms with Crippen LogP contribution >= 0.6 is 0 Å². The number of rotatable bonds is 1. The Bertz CT molecular complexity index is 435. The smallest absolute Gasteiger partial charge is 0.370 e. The zero-order chi connectivity index (χ0) is 12.8. The lowest BCUT2D eigenvalue weighted by Gasteiger charge is -2.23. The molecule has 1 aromatic heterocycles. The number of nitrogens with zero attached hydrogens (tertiary/aromatic N) is 1. The number of imidazole rings is 1. The number of hydrogen-bond acceptors (Lipinski definition) is 2. The SMILES string of the molecule is FC(F)(F)C1CCc2nc(C3CCCO3)[nH]c2C1. The fourth-order valence-electron chi connectivity index (χ4n) is 2.73. The largest absolute Gasteiger partial charge is 0.392 e. The molecule has 1 N–H and O–H groups in total. The maximum Gasteiger partial charge on any atom is 0.392 e. The van der Waals surface area contributed by atoms with Crippen molar-refractivity contribution in [3.05, 3.63) is 17.2 Å². The highest BCUT2D eigenvalue weighted by Gasteiger charge is 2.42. The highest BCUT2D eigenvalue weighted by atomic mass is 19.4. The molecule has 1 aromatic rings. The van der Waals surface area contributed by atoms with E-state index in [2.05, 4.69) is 9.97 Å². The lowest BCUT2D eigenvalue weighted by atomic mass is 9.89. The molecular weight excluding hydrogens is 245 g/mol. The summed E-state index contributed by atoms with van der Waals surface area (Å²) < 4.78 is 43.5. The van der Waals surface area contributed by atoms with Gasteiger partial charge < -0.3 is 9.72 Å². The Balaban J connectivity index is 1.79. The fraction of sp³-hybridized carbons (Fsp3) is 0.750. The molecule has 100 valence electrons. The average molecular weight is 260 g/mol. The van der Waals surface area contributed by atoms with Crippen LogP contribution in [-0.4, -0.2) is 22.8 Å². The number of aromatic amines is 1. The summed E-state index contributed by atoms with van der Waals surface area (Å²) in [6.45, 7) is 0.710. The number of fused-ring (bicyclic) bond motifs is 1. The van der Waals surface area contributed by atoms with Crippen molar-refractivity contribution >= 4 is 0 Å². The van der Waals surface area contributed by atoms with Gasteiger partial charge in [-0.2, -0.15) is 13.2 Å². The Kier molecular flexibility index (Phi) is 2.84. The van der Waals surface area contributed by atoms with E-state index in [4.69, 9.17) is 4.74 Å². The summed E-state index contributed by atoms with van der Waals surface area (Å²) >= 11 is 0. The quantitative estimate of drug-likeness (QED) is 0.843. The maximum atomic E-state index is 12.7. The number of H-pyrrole nitrogens is 1. The van der Waals surface area contributed by atoms with E-state index in [9.17, 15) is 13.2 Å². The van der Waals surface area contributed by atoms with Crippen LogP contribution in [0.25, 0.3) is 0 Å². The molecule has 2 unspecified atom stereocenters. The van der Waals surface area contributed by atoms with Crippen LogP contribution in [0, 0.1) is 5.92 Å². The summed E-state index contributed by atoms with van der Waals surface area (Å²) in [5, 5.41) is 0. The van der Waals surface area contributed by atoms with E-state index in [1.807, 2.05) is 0 Å². The molecule has 3 rings (SSSR count). The van der Waals surface area contributed by atoms with Gasteiger partial charge in [0.05, 0.1) is 11.6 Å². The van der Waals surface area contributed by atoms with Gasteiger partial charge in [-0.15, -0.1) is 0 Å². The van der Waals surface area contributed by atoms with Crippen molar-refractivity contribution in [1.82, 2.24) is 9.97 Å². The minimum absolute atomic E-state index is 0.0263. The molecule has 0 saturated carbocycles. The monoisotopic (exact) mass is 260 g/mol. The van der Waals surface area contributed by atoms with E-state index in [0.717, 1.165) is 18.5 Å². The molecule has 0 amide bonds. The minimum atomic E-state index is -4.10. The Morgan fingerprint density at radius 2 is 2.11 bits per heavy atom. The molecule has 2 aliphatic rings. The lowest BCUT2D eigenvalue weighted by molar-refractivity contribution is -0.177. The van der Waals surface area contributed by atoms with E-state index in [0.29, 0.717) is 24.5 Å². The van der Waals surface area contributed by atoms with Gasteiger partial charge >= 0.3 is 6.18 Å². The van der Waals surface area contributed by atoms with Gasteiger partial charge in [-0.25, -0.2) is 4.98 Å². The van der Waals surface area contributed by atoms with E-state index < -0.39 is 12.1 Å². The Morgan fingerprint density at radius 1 is 1.28 bits per heavy atom. The van der Waals surface area contributed by atoms with Crippen molar-refractivity contribution in [2.45, 2.75) is 44.4 Å². The molecule has 0 aromatic carbocycles. The molecule has 1 aliphatic heterocycles. The third kappa shape index (κ3) is 2.13. The van der Waals surface area contributed by atoms with Crippen LogP contribution in [0.3, 0.4) is 0 Å². The van der Waals surface area contributed by atoms with Crippen LogP contribution < -0.4 is 0 Å². The summed E-state index contributed by atoms with van der Waals surface area (Å²) in [6, 6.07) is 0. The van der Waals surface area contributed by atoms with Gasteiger partial charge in [0.2, 0.25) is 0 Å². The highest BCUT2D eigenvalue weighted by molar-refractivity contribution is 5.20. The second kappa shape index (κ2) is 4.26. The summed E-state index contributed by atoms with van der Waals surface area (Å²) in [7, 11) is 0. The molecule has 18 heavy (non-hydrogen) atoms. The zero-order valence-electron chi connectivity index (χ0n) is 9.89. The van der Waals surface area contributed by atoms with Crippen molar-refractivity contribution in [2.24, 2.45) is 5.92 Å². The Morgan fingerprint density at radius 3 is 2.78 bits per heavy atom. The van der Waals surface area contributed by atoms with Gasteiger partial charge in [0, 0.05) is 18.7 Å². The third-order valence-electron chi connectivity index (χ3n) is 3.76. The van der Waals surface area contributed by atoms with E-state index in [-0.39, 0.29) is 18.9 Å². The number of aromatic nitrogens is 2. The van der Waals surface area contributed by atoms with E-state index in [1.54, 1.807) is 0 Å². The predicted molar refractivity (Wildman–Crippen MR) is 58.1 cm³/mol. The van der Waals surface area contributed by atoms with Crippen molar-refractivity contribution < 1.29 is 17.9 Å². The number of aryl methyl sites for hydroxylation is 1. The topological polar surface area (TPSA) is 37.9 Å². The average Bonchev–Trinajstić information content (AvgIpc) is 2.95. The lowest BCUT2D eigenvalue weighted by Crippen LogP contribution is -2.28. The first-order valence-corrected chi connectivity index (χ1v) is 6.30. The molecule has 0 radical (unpaired) electrons. The highest BCUT2D eigenvalue weighted by Crippen LogP contribution is 2.37. The first kappa shape index (κ1) is 12.0. The number of ether oxygens (including phenoxy) is 1. The predicted octanol–water partition coefficient (Wildman–Crippen LogP) is 2.93. The van der Waals surface area contributed by atoms with Crippen molar-refractivity contribution in [1.29, 1.82) is 0 Å². The van der Waals surface area contributed by atoms with Gasteiger partial charge in [0.25, 0.3) is 0 Å². The molecule has 1 saturated heterocycles. The van der Waals surface area contributed by atoms with E-state index in [1.165, 1.54) is 0 Å². The summed E-state index contributed by atoms with van der Waals surface area (Å²) in [5.74, 6) is -0.525. The maximum absolute atomic E-state index is 12.7. The molecule has 1 fully saturated rings. The summed E-state index contributed by atoms with van der Waals surface area (Å²) in [4.78, 5) is 7.44. The number of halogens is 3. The number of hydrogen-bond donors (Lipinski definition) is 1. The van der Waals surface area contributed by atoms with Crippen LogP contribution in [0.5, 0.6) is 0 Å². The fourth-order valence-corrected chi connectivity index (χ4v) is 2.73. The van der Waals surface area contributed by atoms with Crippen molar-refractivity contribution in [2.75, 3.05) is 6.61 Å². The van der Waals surface area contributed by atoms with Gasteiger partial charge in [-0.3, -0.25) is 0 Å². The van der Waals surface area contributed by atoms with Crippen LogP contribution in [0.15, 0.2) is 0 Å². The van der Waals surface area contributed by atoms with Gasteiger partial charge in [0.15, 0.2) is 0 Å². The number of nitrogens with one attached hydrogen (secondary N) is 1. The first-order valence-electron chi connectivity index (χ1n) is 6.30. The summed E-state index contributed by atoms with van der Waals surface area (Å²) in [5.41, 5.74) is 1.44. The standard InChI is InChI=1S/C12H15F3N2O/c13-12(14,15)7-3-4-8-9(6-7)17-11(16-8)10-2-1-5-18-10/h7,10H,1-6H2,(H,16,17). The first-order chi connectivity index (χ1) is 8.54. The Hall–Kier alpha value is -1.04. The molecule has 0 spiro atoms. The van der Waals surface area contributed by atoms with Gasteiger partial charge in [-0.1, -0.05) is 0 Å². The van der Waals surface area contributed by atoms with Crippen LogP contribution in [0.1, 0.15) is 42.6 Å². The molecule has 0 bridgehead atoms. The third-order valence-corrected chi connectivity index (χ3v) is 3.76. The van der Waals surface area contributed by atoms with E-state index >= 15 is 0 Å². The van der Waals surface area contributed by atoms with Gasteiger partial charge in [-0.05, 0) is 25.7 Å². The van der Waals surface area contributed by atoms with Gasteiger partial charge in [0.1, 0.15) is 11.9 Å². The van der Waals surface area contributed by atoms with Crippen LogP contribution in [0.4, 0.5) is 13.2 Å².